The third kappa shape index (κ3) is 2.48. The molecule has 2 aromatic rings. The molecule has 2 aromatic carbocycles. The second kappa shape index (κ2) is 5.03. The van der Waals surface area contributed by atoms with Gasteiger partial charge >= 0.3 is 0 Å². The van der Waals surface area contributed by atoms with Crippen LogP contribution in [-0.2, 0) is 0 Å². The predicted octanol–water partition coefficient (Wildman–Crippen LogP) is 2.92. The first-order valence-electron chi connectivity index (χ1n) is 6.09. The molecule has 0 spiro atoms. The minimum atomic E-state index is -0.763. The van der Waals surface area contributed by atoms with Gasteiger partial charge in [0.05, 0.1) is 12.3 Å². The summed E-state index contributed by atoms with van der Waals surface area (Å²) in [6, 6.07) is 15.4. The van der Waals surface area contributed by atoms with Crippen LogP contribution in [0.25, 0.3) is 0 Å². The van der Waals surface area contributed by atoms with E-state index in [2.05, 4.69) is 10.3 Å². The number of rotatable bonds is 1. The summed E-state index contributed by atoms with van der Waals surface area (Å²) in [4.78, 5) is 4.38. The van der Waals surface area contributed by atoms with E-state index < -0.39 is 6.23 Å². The van der Waals surface area contributed by atoms with Gasteiger partial charge in [-0.3, -0.25) is 4.99 Å². The Hall–Kier alpha value is -1.84. The number of fused-ring (bicyclic) bond motifs is 1. The molecule has 1 heterocycles. The number of hydrogen-bond donors (Lipinski definition) is 2. The molecule has 0 radical (unpaired) electrons. The predicted molar refractivity (Wildman–Crippen MR) is 78.0 cm³/mol. The second-order valence-electron chi connectivity index (χ2n) is 4.40. The van der Waals surface area contributed by atoms with E-state index >= 15 is 0 Å². The molecule has 0 aliphatic carbocycles. The Morgan fingerprint density at radius 3 is 2.74 bits per heavy atom. The largest absolute Gasteiger partial charge is 0.380 e. The molecule has 4 heteroatoms. The van der Waals surface area contributed by atoms with Crippen LogP contribution in [0.3, 0.4) is 0 Å². The van der Waals surface area contributed by atoms with E-state index in [0.29, 0.717) is 11.6 Å². The van der Waals surface area contributed by atoms with Crippen LogP contribution >= 0.6 is 11.6 Å². The third-order valence-electron chi connectivity index (χ3n) is 3.04. The highest BCUT2D eigenvalue weighted by Gasteiger charge is 2.18. The van der Waals surface area contributed by atoms with Gasteiger partial charge in [-0.25, -0.2) is 0 Å². The maximum absolute atomic E-state index is 9.88. The van der Waals surface area contributed by atoms with Crippen LogP contribution in [0, 0.1) is 0 Å². The molecular formula is C15H13ClN2O. The van der Waals surface area contributed by atoms with Crippen molar-refractivity contribution < 1.29 is 5.11 Å². The summed E-state index contributed by atoms with van der Waals surface area (Å²) < 4.78 is 0. The van der Waals surface area contributed by atoms with Crippen LogP contribution in [0.15, 0.2) is 53.5 Å². The van der Waals surface area contributed by atoms with Gasteiger partial charge in [-0.2, -0.15) is 0 Å². The zero-order chi connectivity index (χ0) is 13.2. The lowest BCUT2D eigenvalue weighted by Crippen LogP contribution is -2.15. The summed E-state index contributed by atoms with van der Waals surface area (Å²) >= 11 is 6.07. The van der Waals surface area contributed by atoms with E-state index in [1.807, 2.05) is 48.5 Å². The Labute approximate surface area is 116 Å². The maximum atomic E-state index is 9.88. The van der Waals surface area contributed by atoms with Gasteiger partial charge in [0.1, 0.15) is 0 Å². The molecule has 0 saturated carbocycles. The standard InChI is InChI=1S/C15H13ClN2O/c16-11-6-7-13-12(8-11)15(18-14(19)9-17-13)10-4-2-1-3-5-10/h1-8,14,17,19H,9H2. The van der Waals surface area contributed by atoms with Gasteiger partial charge in [-0.05, 0) is 18.2 Å². The first kappa shape index (κ1) is 12.2. The number of aliphatic hydroxyl groups is 1. The van der Waals surface area contributed by atoms with Crippen molar-refractivity contribution in [2.24, 2.45) is 4.99 Å². The molecule has 3 rings (SSSR count). The Morgan fingerprint density at radius 1 is 1.16 bits per heavy atom. The molecule has 0 amide bonds. The Morgan fingerprint density at radius 2 is 1.95 bits per heavy atom. The van der Waals surface area contributed by atoms with Crippen molar-refractivity contribution in [3.63, 3.8) is 0 Å². The number of aliphatic hydroxyl groups excluding tert-OH is 1. The van der Waals surface area contributed by atoms with Gasteiger partial charge in [0.25, 0.3) is 0 Å². The monoisotopic (exact) mass is 272 g/mol. The van der Waals surface area contributed by atoms with Gasteiger partial charge in [-0.1, -0.05) is 41.9 Å². The molecule has 1 atom stereocenters. The van der Waals surface area contributed by atoms with Crippen LogP contribution in [0.5, 0.6) is 0 Å². The van der Waals surface area contributed by atoms with Gasteiger partial charge in [0, 0.05) is 21.8 Å². The number of benzene rings is 2. The number of benzodiazepines with no additional fused rings is 1. The summed E-state index contributed by atoms with van der Waals surface area (Å²) in [6.07, 6.45) is -0.763. The zero-order valence-electron chi connectivity index (χ0n) is 10.2. The number of aliphatic imine (C=N–C) groups is 1. The molecule has 0 aromatic heterocycles. The van der Waals surface area contributed by atoms with Crippen molar-refractivity contribution in [2.75, 3.05) is 11.9 Å². The van der Waals surface area contributed by atoms with Crippen molar-refractivity contribution in [3.8, 4) is 0 Å². The molecule has 0 saturated heterocycles. The summed E-state index contributed by atoms with van der Waals surface area (Å²) in [5.74, 6) is 0. The molecule has 1 aliphatic rings. The quantitative estimate of drug-likeness (QED) is 0.838. The first-order valence-corrected chi connectivity index (χ1v) is 6.47. The summed E-state index contributed by atoms with van der Waals surface area (Å²) in [6.45, 7) is 0.394. The molecule has 0 bridgehead atoms. The van der Waals surface area contributed by atoms with E-state index in [1.165, 1.54) is 0 Å². The molecule has 3 nitrogen and oxygen atoms in total. The van der Waals surface area contributed by atoms with E-state index in [0.717, 1.165) is 22.5 Å². The SMILES string of the molecule is OC1CNc2ccc(Cl)cc2C(c2ccccc2)=N1. The van der Waals surface area contributed by atoms with Crippen molar-refractivity contribution in [2.45, 2.75) is 6.23 Å². The minimum Gasteiger partial charge on any atom is -0.380 e. The number of hydrogen-bond acceptors (Lipinski definition) is 3. The van der Waals surface area contributed by atoms with Gasteiger partial charge in [0.15, 0.2) is 6.23 Å². The minimum absolute atomic E-state index is 0.394. The molecule has 1 aliphatic heterocycles. The Balaban J connectivity index is 2.19. The fourth-order valence-electron chi connectivity index (χ4n) is 2.16. The van der Waals surface area contributed by atoms with Crippen molar-refractivity contribution in [1.82, 2.24) is 0 Å². The van der Waals surface area contributed by atoms with Crippen LogP contribution in [0.2, 0.25) is 5.02 Å². The molecule has 1 unspecified atom stereocenters. The van der Waals surface area contributed by atoms with Crippen LogP contribution < -0.4 is 5.32 Å². The van der Waals surface area contributed by atoms with Crippen LogP contribution in [-0.4, -0.2) is 23.6 Å². The second-order valence-corrected chi connectivity index (χ2v) is 4.83. The first-order chi connectivity index (χ1) is 9.24. The van der Waals surface area contributed by atoms with E-state index in [4.69, 9.17) is 11.6 Å². The number of β-amino-alcohol motifs (C(OH)–C–C–N with tert-alkyl or cyclic N) is 1. The summed E-state index contributed by atoms with van der Waals surface area (Å²) in [7, 11) is 0. The smallest absolute Gasteiger partial charge is 0.163 e. The van der Waals surface area contributed by atoms with E-state index in [9.17, 15) is 5.11 Å². The Kier molecular flexibility index (Phi) is 3.23. The molecule has 19 heavy (non-hydrogen) atoms. The fourth-order valence-corrected chi connectivity index (χ4v) is 2.33. The normalized spacial score (nSPS) is 18.0. The van der Waals surface area contributed by atoms with Crippen molar-refractivity contribution in [3.05, 3.63) is 64.7 Å². The lowest BCUT2D eigenvalue weighted by Gasteiger charge is -2.10. The topological polar surface area (TPSA) is 44.6 Å². The molecule has 2 N–H and O–H groups in total. The van der Waals surface area contributed by atoms with Gasteiger partial charge in [0.2, 0.25) is 0 Å². The van der Waals surface area contributed by atoms with Crippen molar-refractivity contribution >= 4 is 23.0 Å². The van der Waals surface area contributed by atoms with Gasteiger partial charge in [-0.15, -0.1) is 0 Å². The summed E-state index contributed by atoms with van der Waals surface area (Å²) in [5, 5.41) is 13.7. The highest BCUT2D eigenvalue weighted by Crippen LogP contribution is 2.26. The number of halogens is 1. The lowest BCUT2D eigenvalue weighted by molar-refractivity contribution is 0.199. The van der Waals surface area contributed by atoms with E-state index in [-0.39, 0.29) is 0 Å². The fraction of sp³-hybridized carbons (Fsp3) is 0.133. The highest BCUT2D eigenvalue weighted by molar-refractivity contribution is 6.31. The average molecular weight is 273 g/mol. The van der Waals surface area contributed by atoms with Crippen molar-refractivity contribution in [1.29, 1.82) is 0 Å². The molecule has 96 valence electrons. The average Bonchev–Trinajstić information content (AvgIpc) is 2.59. The zero-order valence-corrected chi connectivity index (χ0v) is 10.9. The lowest BCUT2D eigenvalue weighted by atomic mass is 10.0. The summed E-state index contributed by atoms with van der Waals surface area (Å²) in [5.41, 5.74) is 3.57. The molecule has 0 fully saturated rings. The number of anilines is 1. The maximum Gasteiger partial charge on any atom is 0.163 e. The number of nitrogens with zero attached hydrogens (tertiary/aromatic N) is 1. The van der Waals surface area contributed by atoms with Crippen LogP contribution in [0.4, 0.5) is 5.69 Å². The van der Waals surface area contributed by atoms with Gasteiger partial charge < -0.3 is 10.4 Å². The van der Waals surface area contributed by atoms with Crippen LogP contribution in [0.1, 0.15) is 11.1 Å². The Bertz CT molecular complexity index is 625. The highest BCUT2D eigenvalue weighted by atomic mass is 35.5. The number of nitrogens with one attached hydrogen (secondary N) is 1. The third-order valence-corrected chi connectivity index (χ3v) is 3.27. The van der Waals surface area contributed by atoms with E-state index in [1.54, 1.807) is 0 Å². The molecular weight excluding hydrogens is 260 g/mol.